The van der Waals surface area contributed by atoms with Crippen molar-refractivity contribution in [3.05, 3.63) is 35.4 Å². The van der Waals surface area contributed by atoms with Crippen molar-refractivity contribution < 1.29 is 14.4 Å². The highest BCUT2D eigenvalue weighted by Gasteiger charge is 2.34. The summed E-state index contributed by atoms with van der Waals surface area (Å²) in [6, 6.07) is 6.42. The molecule has 0 radical (unpaired) electrons. The lowest BCUT2D eigenvalue weighted by Gasteiger charge is -2.03. The van der Waals surface area contributed by atoms with Crippen LogP contribution in [0.3, 0.4) is 0 Å². The quantitative estimate of drug-likeness (QED) is 0.397. The van der Waals surface area contributed by atoms with Gasteiger partial charge < -0.3 is 0 Å². The first kappa shape index (κ1) is 9.26. The average molecular weight is 202 g/mol. The number of amides is 2. The number of hydrazone groups is 1. The Morgan fingerprint density at radius 2 is 1.60 bits per heavy atom. The maximum atomic E-state index is 11.6. The highest BCUT2D eigenvalue weighted by Crippen LogP contribution is 2.22. The van der Waals surface area contributed by atoms with Crippen molar-refractivity contribution in [2.75, 3.05) is 0 Å². The molecule has 1 aromatic carbocycles. The van der Waals surface area contributed by atoms with E-state index in [1.807, 2.05) is 0 Å². The number of aldehydes is 1. The first-order valence-corrected chi connectivity index (χ1v) is 4.21. The summed E-state index contributed by atoms with van der Waals surface area (Å²) in [5, 5.41) is 4.14. The second kappa shape index (κ2) is 3.45. The van der Waals surface area contributed by atoms with Gasteiger partial charge in [-0.25, -0.2) is 0 Å². The Morgan fingerprint density at radius 1 is 1.07 bits per heavy atom. The van der Waals surface area contributed by atoms with E-state index in [4.69, 9.17) is 0 Å². The molecule has 5 nitrogen and oxygen atoms in total. The standard InChI is InChI=1S/C10H6N2O3/c13-6-5-11-12-9(14)7-3-1-2-4-8(7)10(12)15/h1-6H/b11-5+. The lowest BCUT2D eigenvalue weighted by molar-refractivity contribution is -0.102. The number of fused-ring (bicyclic) bond motifs is 1. The molecule has 0 fully saturated rings. The molecular weight excluding hydrogens is 196 g/mol. The third-order valence-electron chi connectivity index (χ3n) is 2.02. The van der Waals surface area contributed by atoms with E-state index >= 15 is 0 Å². The van der Waals surface area contributed by atoms with Crippen LogP contribution in [0, 0.1) is 0 Å². The van der Waals surface area contributed by atoms with Crippen LogP contribution < -0.4 is 0 Å². The zero-order chi connectivity index (χ0) is 10.8. The first-order chi connectivity index (χ1) is 7.25. The number of nitrogens with zero attached hydrogens (tertiary/aromatic N) is 2. The molecule has 0 aromatic heterocycles. The van der Waals surface area contributed by atoms with Gasteiger partial charge in [0.2, 0.25) is 0 Å². The second-order valence-electron chi connectivity index (χ2n) is 2.87. The van der Waals surface area contributed by atoms with Crippen LogP contribution in [0.25, 0.3) is 0 Å². The van der Waals surface area contributed by atoms with Crippen molar-refractivity contribution in [1.29, 1.82) is 0 Å². The zero-order valence-corrected chi connectivity index (χ0v) is 7.58. The van der Waals surface area contributed by atoms with Gasteiger partial charge in [-0.15, -0.1) is 0 Å². The Balaban J connectivity index is 2.45. The minimum absolute atomic E-state index is 0.311. The molecular formula is C10H6N2O3. The van der Waals surface area contributed by atoms with E-state index in [0.717, 1.165) is 6.21 Å². The van der Waals surface area contributed by atoms with Crippen molar-refractivity contribution in [3.8, 4) is 0 Å². The summed E-state index contributed by atoms with van der Waals surface area (Å²) < 4.78 is 0. The van der Waals surface area contributed by atoms with E-state index in [1.54, 1.807) is 24.3 Å². The van der Waals surface area contributed by atoms with Crippen molar-refractivity contribution in [3.63, 3.8) is 0 Å². The molecule has 0 saturated carbocycles. The molecule has 0 aliphatic carbocycles. The predicted molar refractivity (Wildman–Crippen MR) is 51.5 cm³/mol. The van der Waals surface area contributed by atoms with Gasteiger partial charge in [0, 0.05) is 0 Å². The topological polar surface area (TPSA) is 66.8 Å². The number of rotatable bonds is 2. The van der Waals surface area contributed by atoms with Gasteiger partial charge in [0.1, 0.15) is 0 Å². The summed E-state index contributed by atoms with van der Waals surface area (Å²) in [4.78, 5) is 33.2. The average Bonchev–Trinajstić information content (AvgIpc) is 2.51. The van der Waals surface area contributed by atoms with Gasteiger partial charge >= 0.3 is 0 Å². The predicted octanol–water partition coefficient (Wildman–Crippen LogP) is 0.467. The molecule has 1 aromatic rings. The third-order valence-corrected chi connectivity index (χ3v) is 2.02. The number of imide groups is 1. The van der Waals surface area contributed by atoms with Gasteiger partial charge in [-0.05, 0) is 12.1 Å². The fourth-order valence-corrected chi connectivity index (χ4v) is 1.38. The van der Waals surface area contributed by atoms with Crippen LogP contribution in [0.15, 0.2) is 29.4 Å². The molecule has 1 aliphatic heterocycles. The minimum Gasteiger partial charge on any atom is -0.297 e. The molecule has 2 amide bonds. The highest BCUT2D eigenvalue weighted by molar-refractivity contribution is 6.22. The Bertz CT molecular complexity index is 444. The Morgan fingerprint density at radius 3 is 2.07 bits per heavy atom. The molecule has 1 heterocycles. The summed E-state index contributed by atoms with van der Waals surface area (Å²) in [6.45, 7) is 0. The van der Waals surface area contributed by atoms with Crippen LogP contribution in [-0.2, 0) is 4.79 Å². The van der Waals surface area contributed by atoms with Crippen LogP contribution >= 0.6 is 0 Å². The number of hydrogen-bond acceptors (Lipinski definition) is 4. The molecule has 1 aliphatic rings. The van der Waals surface area contributed by atoms with Crippen molar-refractivity contribution in [1.82, 2.24) is 5.01 Å². The lowest BCUT2D eigenvalue weighted by Crippen LogP contribution is -2.23. The molecule has 0 atom stereocenters. The maximum Gasteiger partial charge on any atom is 0.282 e. The van der Waals surface area contributed by atoms with E-state index in [-0.39, 0.29) is 0 Å². The SMILES string of the molecule is O=C/C=N/N1C(=O)c2ccccc2C1=O. The molecule has 5 heteroatoms. The van der Waals surface area contributed by atoms with Gasteiger partial charge in [-0.2, -0.15) is 10.1 Å². The van der Waals surface area contributed by atoms with Gasteiger partial charge in [-0.3, -0.25) is 14.4 Å². The van der Waals surface area contributed by atoms with Gasteiger partial charge in [0.25, 0.3) is 11.8 Å². The Labute approximate surface area is 85.0 Å². The van der Waals surface area contributed by atoms with E-state index in [1.165, 1.54) is 0 Å². The van der Waals surface area contributed by atoms with Crippen LogP contribution in [0.5, 0.6) is 0 Å². The monoisotopic (exact) mass is 202 g/mol. The normalized spacial score (nSPS) is 14.8. The highest BCUT2D eigenvalue weighted by atomic mass is 16.2. The third kappa shape index (κ3) is 1.34. The zero-order valence-electron chi connectivity index (χ0n) is 7.58. The van der Waals surface area contributed by atoms with E-state index in [9.17, 15) is 14.4 Å². The smallest absolute Gasteiger partial charge is 0.282 e. The molecule has 2 rings (SSSR count). The second-order valence-corrected chi connectivity index (χ2v) is 2.87. The summed E-state index contributed by atoms with van der Waals surface area (Å²) in [5.74, 6) is -1.01. The minimum atomic E-state index is -0.506. The van der Waals surface area contributed by atoms with Crippen molar-refractivity contribution in [2.45, 2.75) is 0 Å². The fourth-order valence-electron chi connectivity index (χ4n) is 1.38. The van der Waals surface area contributed by atoms with E-state index < -0.39 is 11.8 Å². The van der Waals surface area contributed by atoms with Gasteiger partial charge in [0.15, 0.2) is 6.29 Å². The van der Waals surface area contributed by atoms with Crippen LogP contribution in [0.2, 0.25) is 0 Å². The number of hydrogen-bond donors (Lipinski definition) is 0. The largest absolute Gasteiger partial charge is 0.297 e. The van der Waals surface area contributed by atoms with Crippen molar-refractivity contribution in [2.24, 2.45) is 5.10 Å². The number of carbonyl (C=O) groups is 3. The molecule has 15 heavy (non-hydrogen) atoms. The molecule has 0 N–H and O–H groups in total. The van der Waals surface area contributed by atoms with E-state index in [0.29, 0.717) is 22.4 Å². The fraction of sp³-hybridized carbons (Fsp3) is 0. The summed E-state index contributed by atoms with van der Waals surface area (Å²) in [5.41, 5.74) is 0.621. The summed E-state index contributed by atoms with van der Waals surface area (Å²) >= 11 is 0. The Hall–Kier alpha value is -2.30. The number of benzene rings is 1. The number of carbonyl (C=O) groups excluding carboxylic acids is 3. The van der Waals surface area contributed by atoms with Crippen LogP contribution in [0.1, 0.15) is 20.7 Å². The molecule has 0 bridgehead atoms. The van der Waals surface area contributed by atoms with Crippen LogP contribution in [0.4, 0.5) is 0 Å². The van der Waals surface area contributed by atoms with E-state index in [2.05, 4.69) is 5.10 Å². The van der Waals surface area contributed by atoms with Crippen LogP contribution in [-0.4, -0.2) is 29.3 Å². The molecule has 0 spiro atoms. The maximum absolute atomic E-state index is 11.6. The molecule has 74 valence electrons. The summed E-state index contributed by atoms with van der Waals surface area (Å²) in [7, 11) is 0. The Kier molecular flexibility index (Phi) is 2.13. The lowest BCUT2D eigenvalue weighted by atomic mass is 10.1. The van der Waals surface area contributed by atoms with Gasteiger partial charge in [-0.1, -0.05) is 12.1 Å². The van der Waals surface area contributed by atoms with Crippen molar-refractivity contribution >= 4 is 24.3 Å². The van der Waals surface area contributed by atoms with Gasteiger partial charge in [0.05, 0.1) is 17.3 Å². The first-order valence-electron chi connectivity index (χ1n) is 4.21. The molecule has 0 saturated heterocycles. The molecule has 0 unspecified atom stereocenters. The summed E-state index contributed by atoms with van der Waals surface area (Å²) in [6.07, 6.45) is 1.27.